The molecular formula is C11H15NOS. The summed E-state index contributed by atoms with van der Waals surface area (Å²) < 4.78 is 0. The quantitative estimate of drug-likeness (QED) is 0.716. The molecular weight excluding hydrogens is 194 g/mol. The number of aromatic nitrogens is 1. The van der Waals surface area contributed by atoms with Gasteiger partial charge in [-0.2, -0.15) is 0 Å². The number of carbonyl (C=O) groups is 1. The van der Waals surface area contributed by atoms with Gasteiger partial charge in [-0.25, -0.2) is 4.98 Å². The van der Waals surface area contributed by atoms with Crippen LogP contribution >= 0.6 is 11.3 Å². The summed E-state index contributed by atoms with van der Waals surface area (Å²) in [6, 6.07) is 0. The fourth-order valence-corrected chi connectivity index (χ4v) is 3.07. The topological polar surface area (TPSA) is 30.0 Å². The largest absolute Gasteiger partial charge is 0.303 e. The van der Waals surface area contributed by atoms with Crippen LogP contribution in [0.1, 0.15) is 47.9 Å². The van der Waals surface area contributed by atoms with E-state index in [0.29, 0.717) is 12.3 Å². The molecule has 1 aliphatic carbocycles. The number of hydrogen-bond donors (Lipinski definition) is 0. The highest BCUT2D eigenvalue weighted by atomic mass is 32.1. The molecule has 1 aromatic heterocycles. The molecule has 1 aromatic rings. The lowest BCUT2D eigenvalue weighted by atomic mass is 9.90. The Morgan fingerprint density at radius 1 is 1.43 bits per heavy atom. The molecule has 1 saturated carbocycles. The summed E-state index contributed by atoms with van der Waals surface area (Å²) in [4.78, 5) is 15.9. The summed E-state index contributed by atoms with van der Waals surface area (Å²) in [6.45, 7) is 0. The molecule has 0 amide bonds. The highest BCUT2D eigenvalue weighted by Crippen LogP contribution is 2.34. The van der Waals surface area contributed by atoms with Gasteiger partial charge in [0.2, 0.25) is 0 Å². The Kier molecular flexibility index (Phi) is 3.30. The van der Waals surface area contributed by atoms with Crippen LogP contribution in [0.25, 0.3) is 0 Å². The Hall–Kier alpha value is -0.700. The Balaban J connectivity index is 2.03. The standard InChI is InChI=1S/C11H15NOS/c13-7-6-10-8-12-11(14-10)9-4-2-1-3-5-9/h7-9H,1-6H2. The van der Waals surface area contributed by atoms with E-state index in [1.54, 1.807) is 11.3 Å². The summed E-state index contributed by atoms with van der Waals surface area (Å²) in [5, 5.41) is 1.25. The maximum absolute atomic E-state index is 10.3. The van der Waals surface area contributed by atoms with Crippen molar-refractivity contribution in [2.45, 2.75) is 44.4 Å². The van der Waals surface area contributed by atoms with Crippen LogP contribution in [0.3, 0.4) is 0 Å². The highest BCUT2D eigenvalue weighted by molar-refractivity contribution is 7.11. The van der Waals surface area contributed by atoms with Crippen molar-refractivity contribution in [3.8, 4) is 0 Å². The van der Waals surface area contributed by atoms with Gasteiger partial charge >= 0.3 is 0 Å². The van der Waals surface area contributed by atoms with Gasteiger partial charge in [0.15, 0.2) is 0 Å². The first-order valence-electron chi connectivity index (χ1n) is 5.28. The van der Waals surface area contributed by atoms with E-state index in [0.717, 1.165) is 11.2 Å². The lowest BCUT2D eigenvalue weighted by molar-refractivity contribution is -0.107. The molecule has 1 heterocycles. The third-order valence-corrected chi connectivity index (χ3v) is 3.99. The van der Waals surface area contributed by atoms with E-state index in [1.165, 1.54) is 37.1 Å². The first-order chi connectivity index (χ1) is 6.90. The van der Waals surface area contributed by atoms with E-state index in [4.69, 9.17) is 0 Å². The van der Waals surface area contributed by atoms with Crippen LogP contribution in [0.15, 0.2) is 6.20 Å². The van der Waals surface area contributed by atoms with Gasteiger partial charge in [-0.05, 0) is 12.8 Å². The third kappa shape index (κ3) is 2.21. The monoisotopic (exact) mass is 209 g/mol. The Labute approximate surface area is 88.4 Å². The first kappa shape index (κ1) is 9.84. The molecule has 2 rings (SSSR count). The van der Waals surface area contributed by atoms with Crippen LogP contribution in [0.5, 0.6) is 0 Å². The van der Waals surface area contributed by atoms with E-state index < -0.39 is 0 Å². The van der Waals surface area contributed by atoms with Gasteiger partial charge in [0, 0.05) is 23.4 Å². The number of rotatable bonds is 3. The third-order valence-electron chi connectivity index (χ3n) is 2.81. The maximum Gasteiger partial charge on any atom is 0.125 e. The molecule has 0 spiro atoms. The normalized spacial score (nSPS) is 18.3. The lowest BCUT2D eigenvalue weighted by Crippen LogP contribution is -2.03. The van der Waals surface area contributed by atoms with E-state index in [9.17, 15) is 4.79 Å². The minimum absolute atomic E-state index is 0.532. The van der Waals surface area contributed by atoms with Gasteiger partial charge in [-0.15, -0.1) is 11.3 Å². The summed E-state index contributed by atoms with van der Waals surface area (Å²) in [6.07, 6.45) is 9.98. The smallest absolute Gasteiger partial charge is 0.125 e. The molecule has 76 valence electrons. The van der Waals surface area contributed by atoms with E-state index >= 15 is 0 Å². The SMILES string of the molecule is O=CCc1cnc(C2CCCCC2)s1. The zero-order valence-electron chi connectivity index (χ0n) is 8.24. The fraction of sp³-hybridized carbons (Fsp3) is 0.636. The van der Waals surface area contributed by atoms with Crippen molar-refractivity contribution in [3.05, 3.63) is 16.1 Å². The van der Waals surface area contributed by atoms with Crippen LogP contribution in [0.4, 0.5) is 0 Å². The van der Waals surface area contributed by atoms with Gasteiger partial charge in [0.25, 0.3) is 0 Å². The molecule has 3 heteroatoms. The molecule has 1 fully saturated rings. The van der Waals surface area contributed by atoms with Gasteiger partial charge in [-0.1, -0.05) is 19.3 Å². The summed E-state index contributed by atoms with van der Waals surface area (Å²) in [5.41, 5.74) is 0. The van der Waals surface area contributed by atoms with Crippen molar-refractivity contribution in [3.63, 3.8) is 0 Å². The van der Waals surface area contributed by atoms with E-state index in [-0.39, 0.29) is 0 Å². The molecule has 0 bridgehead atoms. The molecule has 1 aliphatic rings. The number of aldehydes is 1. The van der Waals surface area contributed by atoms with Gasteiger partial charge in [0.1, 0.15) is 6.29 Å². The predicted octanol–water partition coefficient (Wildman–Crippen LogP) is 2.93. The fourth-order valence-electron chi connectivity index (χ4n) is 2.04. The number of thiazole rings is 1. The minimum Gasteiger partial charge on any atom is -0.303 e. The lowest BCUT2D eigenvalue weighted by Gasteiger charge is -2.18. The van der Waals surface area contributed by atoms with Crippen molar-refractivity contribution in [2.24, 2.45) is 0 Å². The minimum atomic E-state index is 0.532. The van der Waals surface area contributed by atoms with Gasteiger partial charge < -0.3 is 4.79 Å². The van der Waals surface area contributed by atoms with E-state index in [2.05, 4.69) is 4.98 Å². The maximum atomic E-state index is 10.3. The highest BCUT2D eigenvalue weighted by Gasteiger charge is 2.18. The molecule has 0 radical (unpaired) electrons. The van der Waals surface area contributed by atoms with Crippen molar-refractivity contribution in [2.75, 3.05) is 0 Å². The molecule has 0 aromatic carbocycles. The average molecular weight is 209 g/mol. The average Bonchev–Trinajstić information content (AvgIpc) is 2.68. The van der Waals surface area contributed by atoms with Gasteiger partial charge in [-0.3, -0.25) is 0 Å². The zero-order chi connectivity index (χ0) is 9.80. The van der Waals surface area contributed by atoms with Crippen molar-refractivity contribution in [1.82, 2.24) is 4.98 Å². The predicted molar refractivity (Wildman–Crippen MR) is 57.7 cm³/mol. The zero-order valence-corrected chi connectivity index (χ0v) is 9.05. The van der Waals surface area contributed by atoms with Crippen LogP contribution in [-0.4, -0.2) is 11.3 Å². The Morgan fingerprint density at radius 3 is 2.93 bits per heavy atom. The number of carbonyl (C=O) groups excluding carboxylic acids is 1. The summed E-state index contributed by atoms with van der Waals surface area (Å²) in [7, 11) is 0. The molecule has 0 unspecified atom stereocenters. The van der Waals surface area contributed by atoms with Crippen LogP contribution in [0.2, 0.25) is 0 Å². The molecule has 14 heavy (non-hydrogen) atoms. The summed E-state index contributed by atoms with van der Waals surface area (Å²) >= 11 is 1.72. The summed E-state index contributed by atoms with van der Waals surface area (Å²) in [5.74, 6) is 0.675. The van der Waals surface area contributed by atoms with Crippen LogP contribution in [0, 0.1) is 0 Å². The number of nitrogens with zero attached hydrogens (tertiary/aromatic N) is 1. The second kappa shape index (κ2) is 4.69. The van der Waals surface area contributed by atoms with Crippen molar-refractivity contribution < 1.29 is 4.79 Å². The second-order valence-corrected chi connectivity index (χ2v) is 5.02. The molecule has 0 aliphatic heterocycles. The molecule has 0 N–H and O–H groups in total. The van der Waals surface area contributed by atoms with Gasteiger partial charge in [0.05, 0.1) is 5.01 Å². The Morgan fingerprint density at radius 2 is 2.21 bits per heavy atom. The number of hydrogen-bond acceptors (Lipinski definition) is 3. The van der Waals surface area contributed by atoms with Crippen molar-refractivity contribution in [1.29, 1.82) is 0 Å². The first-order valence-corrected chi connectivity index (χ1v) is 6.10. The van der Waals surface area contributed by atoms with Crippen LogP contribution < -0.4 is 0 Å². The molecule has 0 atom stereocenters. The molecule has 0 saturated heterocycles. The molecule has 2 nitrogen and oxygen atoms in total. The van der Waals surface area contributed by atoms with Crippen LogP contribution in [-0.2, 0) is 11.2 Å². The van der Waals surface area contributed by atoms with Crippen molar-refractivity contribution >= 4 is 17.6 Å². The van der Waals surface area contributed by atoms with E-state index in [1.807, 2.05) is 6.20 Å². The Bertz CT molecular complexity index is 302. The second-order valence-electron chi connectivity index (χ2n) is 3.87.